The maximum atomic E-state index is 13.1. The fourth-order valence-corrected chi connectivity index (χ4v) is 4.42. The van der Waals surface area contributed by atoms with Crippen molar-refractivity contribution in [2.24, 2.45) is 16.7 Å². The molecule has 2 nitrogen and oxygen atoms in total. The van der Waals surface area contributed by atoms with Crippen LogP contribution in [-0.4, -0.2) is 5.91 Å². The van der Waals surface area contributed by atoms with Crippen molar-refractivity contribution in [3.8, 4) is 0 Å². The number of benzene rings is 1. The minimum Gasteiger partial charge on any atom is -0.324 e. The number of halogens is 2. The van der Waals surface area contributed by atoms with Crippen molar-refractivity contribution >= 4 is 27.5 Å². The summed E-state index contributed by atoms with van der Waals surface area (Å²) in [4.78, 5) is 12.8. The normalized spacial score (nSPS) is 29.7. The van der Waals surface area contributed by atoms with Gasteiger partial charge in [-0.25, -0.2) is 4.39 Å². The molecular formula is C17H19BrFNO. The molecule has 2 saturated carbocycles. The molecular weight excluding hydrogens is 333 g/mol. The van der Waals surface area contributed by atoms with Gasteiger partial charge < -0.3 is 5.32 Å². The molecule has 0 unspecified atom stereocenters. The Morgan fingerprint density at radius 2 is 2.19 bits per heavy atom. The number of hydrogen-bond acceptors (Lipinski definition) is 1. The van der Waals surface area contributed by atoms with Crippen LogP contribution in [0.4, 0.5) is 10.1 Å². The Hall–Kier alpha value is -1.16. The van der Waals surface area contributed by atoms with Gasteiger partial charge in [-0.15, -0.1) is 0 Å². The highest BCUT2D eigenvalue weighted by Crippen LogP contribution is 2.65. The van der Waals surface area contributed by atoms with E-state index in [0.717, 1.165) is 24.8 Å². The third-order valence-corrected chi connectivity index (χ3v) is 6.16. The molecule has 4 heteroatoms. The molecule has 2 aliphatic carbocycles. The van der Waals surface area contributed by atoms with E-state index in [9.17, 15) is 9.18 Å². The third-order valence-electron chi connectivity index (χ3n) is 5.50. The Bertz CT molecular complexity index is 640. The lowest BCUT2D eigenvalue weighted by molar-refractivity contribution is -0.123. The third kappa shape index (κ3) is 2.07. The van der Waals surface area contributed by atoms with E-state index >= 15 is 0 Å². The zero-order chi connectivity index (χ0) is 15.4. The van der Waals surface area contributed by atoms with Gasteiger partial charge in [0.2, 0.25) is 5.91 Å². The Morgan fingerprint density at radius 3 is 2.76 bits per heavy atom. The second-order valence-corrected chi connectivity index (χ2v) is 7.65. The van der Waals surface area contributed by atoms with Crippen LogP contribution in [0, 0.1) is 22.6 Å². The van der Waals surface area contributed by atoms with Crippen LogP contribution in [0.15, 0.2) is 34.8 Å². The molecule has 0 aromatic heterocycles. The van der Waals surface area contributed by atoms with Crippen LogP contribution in [-0.2, 0) is 4.79 Å². The molecule has 1 N–H and O–H groups in total. The van der Waals surface area contributed by atoms with Gasteiger partial charge >= 0.3 is 0 Å². The number of carbonyl (C=O) groups excluding carboxylic acids is 1. The van der Waals surface area contributed by atoms with Crippen molar-refractivity contribution in [1.82, 2.24) is 0 Å². The molecule has 0 heterocycles. The lowest BCUT2D eigenvalue weighted by atomic mass is 9.68. The summed E-state index contributed by atoms with van der Waals surface area (Å²) in [6.45, 7) is 8.59. The SMILES string of the molecule is C=C1C(C)(C)[C@H]2CC[C@]1(C(=O)Nc1ccc(F)cc1Br)C2. The predicted octanol–water partition coefficient (Wildman–Crippen LogP) is 4.91. The number of anilines is 1. The van der Waals surface area contributed by atoms with E-state index in [1.54, 1.807) is 6.07 Å². The number of hydrogen-bond donors (Lipinski definition) is 1. The Morgan fingerprint density at radius 1 is 1.48 bits per heavy atom. The van der Waals surface area contributed by atoms with Crippen LogP contribution in [0.5, 0.6) is 0 Å². The molecule has 0 saturated heterocycles. The summed E-state index contributed by atoms with van der Waals surface area (Å²) in [5.41, 5.74) is 1.22. The van der Waals surface area contributed by atoms with E-state index in [1.165, 1.54) is 12.1 Å². The average Bonchev–Trinajstić information content (AvgIpc) is 2.93. The van der Waals surface area contributed by atoms with Crippen LogP contribution in [0.25, 0.3) is 0 Å². The van der Waals surface area contributed by atoms with Crippen LogP contribution in [0.1, 0.15) is 33.1 Å². The first-order valence-corrected chi connectivity index (χ1v) is 8.03. The molecule has 1 aromatic rings. The molecule has 21 heavy (non-hydrogen) atoms. The molecule has 0 aliphatic heterocycles. The zero-order valence-corrected chi connectivity index (χ0v) is 13.9. The monoisotopic (exact) mass is 351 g/mol. The molecule has 3 rings (SSSR count). The lowest BCUT2D eigenvalue weighted by Gasteiger charge is -2.37. The predicted molar refractivity (Wildman–Crippen MR) is 85.4 cm³/mol. The number of nitrogens with one attached hydrogen (secondary N) is 1. The fourth-order valence-electron chi connectivity index (χ4n) is 3.97. The number of amides is 1. The van der Waals surface area contributed by atoms with Gasteiger partial charge in [-0.1, -0.05) is 26.0 Å². The van der Waals surface area contributed by atoms with Gasteiger partial charge in [-0.05, 0) is 64.7 Å². The fraction of sp³-hybridized carbons (Fsp3) is 0.471. The van der Waals surface area contributed by atoms with E-state index < -0.39 is 5.41 Å². The molecule has 112 valence electrons. The smallest absolute Gasteiger partial charge is 0.234 e. The summed E-state index contributed by atoms with van der Waals surface area (Å²) in [6, 6.07) is 4.30. The van der Waals surface area contributed by atoms with E-state index in [0.29, 0.717) is 16.1 Å². The number of carbonyl (C=O) groups is 1. The van der Waals surface area contributed by atoms with E-state index in [1.807, 2.05) is 0 Å². The molecule has 2 bridgehead atoms. The highest BCUT2D eigenvalue weighted by atomic mass is 79.9. The molecule has 2 atom stereocenters. The molecule has 1 amide bonds. The van der Waals surface area contributed by atoms with Crippen molar-refractivity contribution < 1.29 is 9.18 Å². The Balaban J connectivity index is 1.88. The molecule has 2 fully saturated rings. The quantitative estimate of drug-likeness (QED) is 0.753. The van der Waals surface area contributed by atoms with Gasteiger partial charge in [0.15, 0.2) is 0 Å². The average molecular weight is 352 g/mol. The summed E-state index contributed by atoms with van der Waals surface area (Å²) >= 11 is 3.29. The first-order valence-electron chi connectivity index (χ1n) is 7.24. The van der Waals surface area contributed by atoms with Gasteiger partial charge in [-0.3, -0.25) is 4.79 Å². The number of rotatable bonds is 2. The van der Waals surface area contributed by atoms with Crippen molar-refractivity contribution in [3.63, 3.8) is 0 Å². The van der Waals surface area contributed by atoms with E-state index in [4.69, 9.17) is 0 Å². The summed E-state index contributed by atoms with van der Waals surface area (Å²) in [5, 5.41) is 2.95. The molecule has 0 spiro atoms. The molecule has 1 aromatic carbocycles. The summed E-state index contributed by atoms with van der Waals surface area (Å²) in [5.74, 6) is 0.200. The van der Waals surface area contributed by atoms with Crippen molar-refractivity contribution in [1.29, 1.82) is 0 Å². The molecule has 2 aliphatic rings. The summed E-state index contributed by atoms with van der Waals surface area (Å²) in [6.07, 6.45) is 2.82. The standard InChI is InChI=1S/C17H19BrFNO/c1-10-16(2,3)11-6-7-17(10,9-11)15(21)20-14-5-4-12(19)8-13(14)18/h4-5,8,11H,1,6-7,9H2,2-3H3,(H,20,21)/t11-,17-/m0/s1. The van der Waals surface area contributed by atoms with Gasteiger partial charge in [0.1, 0.15) is 5.82 Å². The Labute approximate surface area is 132 Å². The maximum absolute atomic E-state index is 13.1. The lowest BCUT2D eigenvalue weighted by Crippen LogP contribution is -2.37. The summed E-state index contributed by atoms with van der Waals surface area (Å²) in [7, 11) is 0. The largest absolute Gasteiger partial charge is 0.324 e. The molecule has 0 radical (unpaired) electrons. The number of fused-ring (bicyclic) bond motifs is 2. The Kier molecular flexibility index (Phi) is 3.28. The van der Waals surface area contributed by atoms with Crippen LogP contribution < -0.4 is 5.32 Å². The second kappa shape index (κ2) is 4.67. The minimum atomic E-state index is -0.456. The van der Waals surface area contributed by atoms with Crippen LogP contribution in [0.3, 0.4) is 0 Å². The van der Waals surface area contributed by atoms with E-state index in [2.05, 4.69) is 41.7 Å². The maximum Gasteiger partial charge on any atom is 0.234 e. The first-order chi connectivity index (χ1) is 9.77. The van der Waals surface area contributed by atoms with Crippen LogP contribution >= 0.6 is 15.9 Å². The van der Waals surface area contributed by atoms with Crippen molar-refractivity contribution in [2.75, 3.05) is 5.32 Å². The topological polar surface area (TPSA) is 29.1 Å². The van der Waals surface area contributed by atoms with E-state index in [-0.39, 0.29) is 17.1 Å². The highest BCUT2D eigenvalue weighted by Gasteiger charge is 2.60. The van der Waals surface area contributed by atoms with Gasteiger partial charge in [0.05, 0.1) is 11.1 Å². The summed E-state index contributed by atoms with van der Waals surface area (Å²) < 4.78 is 13.7. The van der Waals surface area contributed by atoms with Gasteiger partial charge in [0, 0.05) is 4.47 Å². The highest BCUT2D eigenvalue weighted by molar-refractivity contribution is 9.10. The van der Waals surface area contributed by atoms with Crippen molar-refractivity contribution in [2.45, 2.75) is 33.1 Å². The van der Waals surface area contributed by atoms with Gasteiger partial charge in [-0.2, -0.15) is 0 Å². The van der Waals surface area contributed by atoms with Crippen molar-refractivity contribution in [3.05, 3.63) is 40.6 Å². The second-order valence-electron chi connectivity index (χ2n) is 6.80. The van der Waals surface area contributed by atoms with Gasteiger partial charge in [0.25, 0.3) is 0 Å². The zero-order valence-electron chi connectivity index (χ0n) is 12.3. The van der Waals surface area contributed by atoms with Crippen LogP contribution in [0.2, 0.25) is 0 Å². The minimum absolute atomic E-state index is 0.00659. The first kappa shape index (κ1) is 14.8.